The summed E-state index contributed by atoms with van der Waals surface area (Å²) in [5, 5.41) is 0. The summed E-state index contributed by atoms with van der Waals surface area (Å²) in [7, 11) is 1.59. The van der Waals surface area contributed by atoms with E-state index in [4.69, 9.17) is 10.5 Å². The Hall–Kier alpha value is -2.08. The third kappa shape index (κ3) is 3.79. The molecule has 136 valence electrons. The molecule has 25 heavy (non-hydrogen) atoms. The highest BCUT2D eigenvalue weighted by atomic mass is 16.5. The van der Waals surface area contributed by atoms with Crippen LogP contribution in [0.25, 0.3) is 0 Å². The van der Waals surface area contributed by atoms with Gasteiger partial charge in [-0.3, -0.25) is 9.59 Å². The molecule has 2 amide bonds. The largest absolute Gasteiger partial charge is 0.497 e. The van der Waals surface area contributed by atoms with Crippen molar-refractivity contribution < 1.29 is 14.3 Å². The fraction of sp³-hybridized carbons (Fsp3) is 0.579. The highest BCUT2D eigenvalue weighted by molar-refractivity contribution is 5.94. The Morgan fingerprint density at radius 1 is 1.16 bits per heavy atom. The lowest BCUT2D eigenvalue weighted by atomic mass is 9.94. The molecule has 1 aromatic rings. The molecular weight excluding hydrogens is 318 g/mol. The quantitative estimate of drug-likeness (QED) is 0.894. The maximum absolute atomic E-state index is 12.8. The van der Waals surface area contributed by atoms with Gasteiger partial charge in [0, 0.05) is 37.7 Å². The number of benzene rings is 1. The topological polar surface area (TPSA) is 75.9 Å². The van der Waals surface area contributed by atoms with E-state index in [0.29, 0.717) is 50.0 Å². The van der Waals surface area contributed by atoms with Gasteiger partial charge in [-0.2, -0.15) is 0 Å². The van der Waals surface area contributed by atoms with Gasteiger partial charge in [0.25, 0.3) is 5.91 Å². The molecule has 1 aliphatic carbocycles. The molecule has 6 nitrogen and oxygen atoms in total. The third-order valence-corrected chi connectivity index (χ3v) is 5.47. The van der Waals surface area contributed by atoms with Gasteiger partial charge < -0.3 is 20.3 Å². The molecule has 1 saturated carbocycles. The van der Waals surface area contributed by atoms with Crippen LogP contribution in [-0.2, 0) is 4.79 Å². The van der Waals surface area contributed by atoms with E-state index in [1.165, 1.54) is 0 Å². The van der Waals surface area contributed by atoms with Crippen molar-refractivity contribution in [3.63, 3.8) is 0 Å². The van der Waals surface area contributed by atoms with Crippen molar-refractivity contribution in [2.45, 2.75) is 19.3 Å². The number of carbonyl (C=O) groups excluding carboxylic acids is 2. The summed E-state index contributed by atoms with van der Waals surface area (Å²) in [6, 6.07) is 7.19. The predicted molar refractivity (Wildman–Crippen MR) is 95.4 cm³/mol. The van der Waals surface area contributed by atoms with Gasteiger partial charge in [0.2, 0.25) is 5.91 Å². The maximum atomic E-state index is 12.8. The van der Waals surface area contributed by atoms with Gasteiger partial charge in [-0.1, -0.05) is 12.5 Å². The summed E-state index contributed by atoms with van der Waals surface area (Å²) in [5.41, 5.74) is 6.43. The minimum atomic E-state index is -0.00769. The van der Waals surface area contributed by atoms with Crippen LogP contribution in [0, 0.1) is 11.8 Å². The first-order valence-electron chi connectivity index (χ1n) is 9.06. The van der Waals surface area contributed by atoms with Gasteiger partial charge in [-0.05, 0) is 43.5 Å². The summed E-state index contributed by atoms with van der Waals surface area (Å²) in [6.07, 6.45) is 3.09. The second kappa shape index (κ2) is 7.87. The van der Waals surface area contributed by atoms with Crippen LogP contribution in [0.1, 0.15) is 29.6 Å². The molecule has 2 N–H and O–H groups in total. The zero-order valence-corrected chi connectivity index (χ0v) is 14.8. The standard InChI is InChI=1S/C19H27N3O3/c1-25-16-6-2-4-14(12-16)18(23)21-8-10-22(11-9-21)19(24)17-7-3-5-15(17)13-20/h2,4,6,12,15,17H,3,5,7-11,13,20H2,1H3/t15-,17-/m1/s1. The van der Waals surface area contributed by atoms with Crippen LogP contribution in [-0.4, -0.2) is 61.4 Å². The van der Waals surface area contributed by atoms with E-state index in [2.05, 4.69) is 0 Å². The van der Waals surface area contributed by atoms with Crippen LogP contribution in [0.3, 0.4) is 0 Å². The second-order valence-corrected chi connectivity index (χ2v) is 6.88. The maximum Gasteiger partial charge on any atom is 0.254 e. The number of nitrogens with two attached hydrogens (primary N) is 1. The summed E-state index contributed by atoms with van der Waals surface area (Å²) in [6.45, 7) is 2.93. The van der Waals surface area contributed by atoms with Crippen LogP contribution in [0.4, 0.5) is 0 Å². The molecule has 2 aliphatic rings. The molecule has 0 bridgehead atoms. The molecule has 0 unspecified atom stereocenters. The molecule has 2 atom stereocenters. The van der Waals surface area contributed by atoms with E-state index in [1.807, 2.05) is 21.9 Å². The molecule has 0 spiro atoms. The molecule has 1 aromatic carbocycles. The molecule has 1 aliphatic heterocycles. The highest BCUT2D eigenvalue weighted by Crippen LogP contribution is 2.32. The smallest absolute Gasteiger partial charge is 0.254 e. The first-order chi connectivity index (χ1) is 12.1. The van der Waals surface area contributed by atoms with E-state index < -0.39 is 0 Å². The molecular formula is C19H27N3O3. The fourth-order valence-electron chi connectivity index (χ4n) is 3.95. The van der Waals surface area contributed by atoms with Crippen molar-refractivity contribution in [1.82, 2.24) is 9.80 Å². The van der Waals surface area contributed by atoms with E-state index in [-0.39, 0.29) is 17.7 Å². The lowest BCUT2D eigenvalue weighted by Gasteiger charge is -2.36. The monoisotopic (exact) mass is 345 g/mol. The number of amides is 2. The van der Waals surface area contributed by atoms with Crippen LogP contribution in [0.15, 0.2) is 24.3 Å². The number of methoxy groups -OCH3 is 1. The summed E-state index contributed by atoms with van der Waals surface area (Å²) in [5.74, 6) is 1.29. The predicted octanol–water partition coefficient (Wildman–Crippen LogP) is 1.35. The summed E-state index contributed by atoms with van der Waals surface area (Å²) in [4.78, 5) is 29.1. The molecule has 2 fully saturated rings. The van der Waals surface area contributed by atoms with Crippen LogP contribution in [0.5, 0.6) is 5.75 Å². The normalized spacial score (nSPS) is 23.6. The van der Waals surface area contributed by atoms with E-state index >= 15 is 0 Å². The zero-order chi connectivity index (χ0) is 17.8. The van der Waals surface area contributed by atoms with Crippen molar-refractivity contribution in [1.29, 1.82) is 0 Å². The Balaban J connectivity index is 1.58. The fourth-order valence-corrected chi connectivity index (χ4v) is 3.95. The Labute approximate surface area is 148 Å². The van der Waals surface area contributed by atoms with Crippen molar-refractivity contribution in [3.8, 4) is 5.75 Å². The Morgan fingerprint density at radius 2 is 1.88 bits per heavy atom. The van der Waals surface area contributed by atoms with Crippen LogP contribution in [0.2, 0.25) is 0 Å². The Bertz CT molecular complexity index is 626. The van der Waals surface area contributed by atoms with Gasteiger partial charge >= 0.3 is 0 Å². The van der Waals surface area contributed by atoms with Crippen molar-refractivity contribution >= 4 is 11.8 Å². The number of ether oxygens (including phenoxy) is 1. The molecule has 3 rings (SSSR count). The number of hydrogen-bond donors (Lipinski definition) is 1. The van der Waals surface area contributed by atoms with Crippen LogP contribution >= 0.6 is 0 Å². The Kier molecular flexibility index (Phi) is 5.58. The first-order valence-corrected chi connectivity index (χ1v) is 9.06. The number of rotatable bonds is 4. The average Bonchev–Trinajstić information content (AvgIpc) is 3.15. The molecule has 1 heterocycles. The minimum absolute atomic E-state index is 0.00769. The lowest BCUT2D eigenvalue weighted by molar-refractivity contribution is -0.138. The number of nitrogens with zero attached hydrogens (tertiary/aromatic N) is 2. The van der Waals surface area contributed by atoms with Gasteiger partial charge in [0.15, 0.2) is 0 Å². The second-order valence-electron chi connectivity index (χ2n) is 6.88. The molecule has 0 aromatic heterocycles. The van der Waals surface area contributed by atoms with Crippen molar-refractivity contribution in [3.05, 3.63) is 29.8 Å². The van der Waals surface area contributed by atoms with Crippen LogP contribution < -0.4 is 10.5 Å². The zero-order valence-electron chi connectivity index (χ0n) is 14.8. The average molecular weight is 345 g/mol. The molecule has 0 radical (unpaired) electrons. The van der Waals surface area contributed by atoms with Gasteiger partial charge in [-0.15, -0.1) is 0 Å². The highest BCUT2D eigenvalue weighted by Gasteiger charge is 2.36. The molecule has 6 heteroatoms. The number of carbonyl (C=O) groups is 2. The van der Waals surface area contributed by atoms with E-state index in [0.717, 1.165) is 19.3 Å². The van der Waals surface area contributed by atoms with Gasteiger partial charge in [0.1, 0.15) is 5.75 Å². The minimum Gasteiger partial charge on any atom is -0.497 e. The van der Waals surface area contributed by atoms with Crippen molar-refractivity contribution in [2.24, 2.45) is 17.6 Å². The van der Waals surface area contributed by atoms with Crippen molar-refractivity contribution in [2.75, 3.05) is 39.8 Å². The SMILES string of the molecule is COc1cccc(C(=O)N2CCN(C(=O)[C@@H]3CCC[C@@H]3CN)CC2)c1. The lowest BCUT2D eigenvalue weighted by Crippen LogP contribution is -2.52. The third-order valence-electron chi connectivity index (χ3n) is 5.47. The summed E-state index contributed by atoms with van der Waals surface area (Å²) >= 11 is 0. The van der Waals surface area contributed by atoms with Gasteiger partial charge in [-0.25, -0.2) is 0 Å². The first kappa shape index (κ1) is 17.7. The summed E-state index contributed by atoms with van der Waals surface area (Å²) < 4.78 is 5.18. The number of hydrogen-bond acceptors (Lipinski definition) is 4. The Morgan fingerprint density at radius 3 is 2.56 bits per heavy atom. The van der Waals surface area contributed by atoms with Gasteiger partial charge in [0.05, 0.1) is 7.11 Å². The number of piperazine rings is 1. The van der Waals surface area contributed by atoms with E-state index in [1.54, 1.807) is 19.2 Å². The van der Waals surface area contributed by atoms with E-state index in [9.17, 15) is 9.59 Å². The molecule has 1 saturated heterocycles.